The van der Waals surface area contributed by atoms with Gasteiger partial charge >= 0.3 is 0 Å². The largest absolute Gasteiger partial charge is 0.209 e. The van der Waals surface area contributed by atoms with Crippen molar-refractivity contribution in [2.45, 2.75) is 6.92 Å². The first-order valence-electron chi connectivity index (χ1n) is 6.86. The summed E-state index contributed by atoms with van der Waals surface area (Å²) in [6, 6.07) is 19.9. The van der Waals surface area contributed by atoms with Gasteiger partial charge in [-0.3, -0.25) is 0 Å². The predicted molar refractivity (Wildman–Crippen MR) is 85.4 cm³/mol. The van der Waals surface area contributed by atoms with E-state index in [2.05, 4.69) is 15.0 Å². The van der Waals surface area contributed by atoms with Crippen LogP contribution in [-0.4, -0.2) is 15.0 Å². The third-order valence-corrected chi connectivity index (χ3v) is 3.03. The number of nitrogens with zero attached hydrogens (tertiary/aromatic N) is 3. The Morgan fingerprint density at radius 2 is 1.14 bits per heavy atom. The molecule has 2 aromatic carbocycles. The van der Waals surface area contributed by atoms with Crippen LogP contribution in [0.1, 0.15) is 12.7 Å². The molecule has 3 heteroatoms. The van der Waals surface area contributed by atoms with E-state index in [1.165, 1.54) is 0 Å². The van der Waals surface area contributed by atoms with Crippen LogP contribution in [-0.2, 0) is 0 Å². The minimum absolute atomic E-state index is 0.671. The molecular weight excluding hydrogens is 258 g/mol. The number of allylic oxidation sites excluding steroid dienone is 1. The average molecular weight is 273 g/mol. The van der Waals surface area contributed by atoms with Crippen molar-refractivity contribution in [1.82, 2.24) is 15.0 Å². The van der Waals surface area contributed by atoms with Gasteiger partial charge in [-0.2, -0.15) is 0 Å². The maximum absolute atomic E-state index is 4.60. The van der Waals surface area contributed by atoms with Gasteiger partial charge in [0.05, 0.1) is 0 Å². The Labute approximate surface area is 124 Å². The van der Waals surface area contributed by atoms with E-state index in [1.54, 1.807) is 0 Å². The van der Waals surface area contributed by atoms with Crippen LogP contribution in [0.2, 0.25) is 0 Å². The van der Waals surface area contributed by atoms with E-state index in [1.807, 2.05) is 79.7 Å². The van der Waals surface area contributed by atoms with Crippen LogP contribution >= 0.6 is 0 Å². The molecule has 3 aromatic rings. The van der Waals surface area contributed by atoms with E-state index < -0.39 is 0 Å². The Bertz CT molecular complexity index is 692. The number of aromatic nitrogens is 3. The molecule has 0 radical (unpaired) electrons. The molecule has 0 saturated carbocycles. The summed E-state index contributed by atoms with van der Waals surface area (Å²) >= 11 is 0. The molecule has 0 amide bonds. The Kier molecular flexibility index (Phi) is 3.83. The summed E-state index contributed by atoms with van der Waals surface area (Å²) in [4.78, 5) is 13.6. The van der Waals surface area contributed by atoms with Gasteiger partial charge < -0.3 is 0 Å². The molecule has 0 N–H and O–H groups in total. The molecule has 1 heterocycles. The van der Waals surface area contributed by atoms with Gasteiger partial charge in [0, 0.05) is 11.1 Å². The molecule has 0 unspecified atom stereocenters. The second-order valence-corrected chi connectivity index (χ2v) is 4.57. The monoisotopic (exact) mass is 273 g/mol. The van der Waals surface area contributed by atoms with E-state index in [0.29, 0.717) is 17.5 Å². The summed E-state index contributed by atoms with van der Waals surface area (Å²) in [6.45, 7) is 1.95. The molecule has 102 valence electrons. The highest BCUT2D eigenvalue weighted by Gasteiger charge is 2.08. The molecule has 3 rings (SSSR count). The van der Waals surface area contributed by atoms with Crippen molar-refractivity contribution in [2.75, 3.05) is 0 Å². The molecule has 1 aromatic heterocycles. The van der Waals surface area contributed by atoms with Crippen LogP contribution < -0.4 is 0 Å². The van der Waals surface area contributed by atoms with Crippen LogP contribution in [0.4, 0.5) is 0 Å². The highest BCUT2D eigenvalue weighted by Crippen LogP contribution is 2.20. The summed E-state index contributed by atoms with van der Waals surface area (Å²) in [6.07, 6.45) is 3.82. The standard InChI is InChI=1S/C18H15N3/c1-2-9-16-19-17(14-10-5-3-6-11-14)21-18(20-16)15-12-7-4-8-13-15/h2-13H,1H3. The summed E-state index contributed by atoms with van der Waals surface area (Å²) in [5, 5.41) is 0. The second-order valence-electron chi connectivity index (χ2n) is 4.57. The Morgan fingerprint density at radius 1 is 0.667 bits per heavy atom. The van der Waals surface area contributed by atoms with Crippen LogP contribution in [0.5, 0.6) is 0 Å². The predicted octanol–water partition coefficient (Wildman–Crippen LogP) is 4.24. The number of hydrogen-bond acceptors (Lipinski definition) is 3. The van der Waals surface area contributed by atoms with E-state index in [9.17, 15) is 0 Å². The molecule has 0 bridgehead atoms. The lowest BCUT2D eigenvalue weighted by Gasteiger charge is -2.05. The smallest absolute Gasteiger partial charge is 0.164 e. The molecule has 0 aliphatic carbocycles. The maximum atomic E-state index is 4.60. The molecule has 0 fully saturated rings. The minimum atomic E-state index is 0.671. The Balaban J connectivity index is 2.15. The SMILES string of the molecule is CC=Cc1nc(-c2ccccc2)nc(-c2ccccc2)n1. The lowest BCUT2D eigenvalue weighted by molar-refractivity contribution is 1.04. The van der Waals surface area contributed by atoms with Gasteiger partial charge in [0.1, 0.15) is 0 Å². The van der Waals surface area contributed by atoms with E-state index in [-0.39, 0.29) is 0 Å². The van der Waals surface area contributed by atoms with Crippen LogP contribution in [0.25, 0.3) is 28.9 Å². The zero-order valence-corrected chi connectivity index (χ0v) is 11.8. The van der Waals surface area contributed by atoms with E-state index in [0.717, 1.165) is 11.1 Å². The Morgan fingerprint density at radius 3 is 1.57 bits per heavy atom. The van der Waals surface area contributed by atoms with Crippen molar-refractivity contribution in [3.63, 3.8) is 0 Å². The van der Waals surface area contributed by atoms with E-state index in [4.69, 9.17) is 0 Å². The third kappa shape index (κ3) is 3.03. The van der Waals surface area contributed by atoms with Gasteiger partial charge in [-0.25, -0.2) is 15.0 Å². The minimum Gasteiger partial charge on any atom is -0.209 e. The number of hydrogen-bond donors (Lipinski definition) is 0. The van der Waals surface area contributed by atoms with Gasteiger partial charge in [-0.1, -0.05) is 66.7 Å². The Hall–Kier alpha value is -2.81. The van der Waals surface area contributed by atoms with Crippen LogP contribution in [0, 0.1) is 0 Å². The molecule has 0 spiro atoms. The van der Waals surface area contributed by atoms with Crippen molar-refractivity contribution in [1.29, 1.82) is 0 Å². The average Bonchev–Trinajstić information content (AvgIpc) is 2.56. The van der Waals surface area contributed by atoms with Crippen molar-refractivity contribution in [3.8, 4) is 22.8 Å². The highest BCUT2D eigenvalue weighted by molar-refractivity contribution is 5.62. The third-order valence-electron chi connectivity index (χ3n) is 3.03. The lowest BCUT2D eigenvalue weighted by Crippen LogP contribution is -1.99. The number of rotatable bonds is 3. The first-order valence-corrected chi connectivity index (χ1v) is 6.86. The van der Waals surface area contributed by atoms with Gasteiger partial charge in [0.15, 0.2) is 17.5 Å². The fraction of sp³-hybridized carbons (Fsp3) is 0.0556. The summed E-state index contributed by atoms with van der Waals surface area (Å²) in [5.41, 5.74) is 1.98. The molecule has 0 aliphatic rings. The van der Waals surface area contributed by atoms with Crippen LogP contribution in [0.15, 0.2) is 66.7 Å². The quantitative estimate of drug-likeness (QED) is 0.716. The highest BCUT2D eigenvalue weighted by atomic mass is 15.0. The molecule has 0 aliphatic heterocycles. The first kappa shape index (κ1) is 13.2. The summed E-state index contributed by atoms with van der Waals surface area (Å²) in [5.74, 6) is 2.06. The van der Waals surface area contributed by atoms with Crippen LogP contribution in [0.3, 0.4) is 0 Å². The number of benzene rings is 2. The summed E-state index contributed by atoms with van der Waals surface area (Å²) < 4.78 is 0. The first-order chi connectivity index (χ1) is 10.4. The molecule has 0 atom stereocenters. The lowest BCUT2D eigenvalue weighted by atomic mass is 10.2. The van der Waals surface area contributed by atoms with Gasteiger partial charge in [-0.05, 0) is 13.0 Å². The fourth-order valence-corrected chi connectivity index (χ4v) is 2.05. The molecule has 3 nitrogen and oxygen atoms in total. The topological polar surface area (TPSA) is 38.7 Å². The zero-order chi connectivity index (χ0) is 14.5. The zero-order valence-electron chi connectivity index (χ0n) is 11.8. The van der Waals surface area contributed by atoms with Crippen molar-refractivity contribution >= 4 is 6.08 Å². The maximum Gasteiger partial charge on any atom is 0.164 e. The fourth-order valence-electron chi connectivity index (χ4n) is 2.05. The van der Waals surface area contributed by atoms with Crippen molar-refractivity contribution in [3.05, 3.63) is 72.6 Å². The van der Waals surface area contributed by atoms with Crippen molar-refractivity contribution in [2.24, 2.45) is 0 Å². The normalized spacial score (nSPS) is 10.9. The summed E-state index contributed by atoms with van der Waals surface area (Å²) in [7, 11) is 0. The van der Waals surface area contributed by atoms with Gasteiger partial charge in [0.2, 0.25) is 0 Å². The van der Waals surface area contributed by atoms with Gasteiger partial charge in [0.25, 0.3) is 0 Å². The molecule has 21 heavy (non-hydrogen) atoms. The van der Waals surface area contributed by atoms with Gasteiger partial charge in [-0.15, -0.1) is 0 Å². The second kappa shape index (κ2) is 6.09. The van der Waals surface area contributed by atoms with E-state index >= 15 is 0 Å². The van der Waals surface area contributed by atoms with Crippen molar-refractivity contribution < 1.29 is 0 Å². The molecule has 0 saturated heterocycles. The molecular formula is C18H15N3.